The standard InChI is InChI=1S/C22H22ClFN2O3/c23-17-7-6-16(8-18(17)24)29-13-20(27)26-19-11-22(9-15(19)10-22)21(28)25-12-14-4-2-1-3-5-14/h1-8,15,19H,9-13H2,(H,25,28)(H,26,27). The molecule has 3 saturated carbocycles. The molecule has 7 heteroatoms. The molecular formula is C22H22ClFN2O3. The highest BCUT2D eigenvalue weighted by molar-refractivity contribution is 6.30. The summed E-state index contributed by atoms with van der Waals surface area (Å²) < 4.78 is 18.8. The normalized spacial score (nSPS) is 24.5. The maximum absolute atomic E-state index is 13.4. The zero-order chi connectivity index (χ0) is 20.4. The van der Waals surface area contributed by atoms with Crippen LogP contribution in [0, 0.1) is 17.2 Å². The Balaban J connectivity index is 1.24. The van der Waals surface area contributed by atoms with Crippen molar-refractivity contribution >= 4 is 23.4 Å². The molecule has 3 aliphatic rings. The Morgan fingerprint density at radius 2 is 1.90 bits per heavy atom. The van der Waals surface area contributed by atoms with Gasteiger partial charge in [0.15, 0.2) is 6.61 Å². The van der Waals surface area contributed by atoms with Crippen LogP contribution in [0.3, 0.4) is 0 Å². The first-order valence-electron chi connectivity index (χ1n) is 9.65. The van der Waals surface area contributed by atoms with Crippen molar-refractivity contribution in [3.8, 4) is 5.75 Å². The molecule has 2 aromatic carbocycles. The van der Waals surface area contributed by atoms with Crippen LogP contribution in [-0.2, 0) is 16.1 Å². The third kappa shape index (κ3) is 4.22. The molecule has 2 aromatic rings. The van der Waals surface area contributed by atoms with E-state index >= 15 is 0 Å². The van der Waals surface area contributed by atoms with Crippen LogP contribution in [0.25, 0.3) is 0 Å². The van der Waals surface area contributed by atoms with E-state index in [0.717, 1.165) is 24.5 Å². The van der Waals surface area contributed by atoms with Gasteiger partial charge in [-0.1, -0.05) is 41.9 Å². The summed E-state index contributed by atoms with van der Waals surface area (Å²) >= 11 is 5.63. The largest absolute Gasteiger partial charge is 0.484 e. The minimum atomic E-state index is -0.593. The van der Waals surface area contributed by atoms with Crippen molar-refractivity contribution in [3.05, 3.63) is 64.9 Å². The molecule has 2 N–H and O–H groups in total. The lowest BCUT2D eigenvalue weighted by Crippen LogP contribution is -2.44. The van der Waals surface area contributed by atoms with Gasteiger partial charge in [0.05, 0.1) is 10.4 Å². The van der Waals surface area contributed by atoms with Gasteiger partial charge in [-0.3, -0.25) is 9.59 Å². The monoisotopic (exact) mass is 416 g/mol. The van der Waals surface area contributed by atoms with Gasteiger partial charge in [-0.25, -0.2) is 4.39 Å². The second kappa shape index (κ2) is 8.03. The number of rotatable bonds is 7. The third-order valence-electron chi connectivity index (χ3n) is 5.87. The van der Waals surface area contributed by atoms with E-state index in [1.54, 1.807) is 0 Å². The summed E-state index contributed by atoms with van der Waals surface area (Å²) in [6.45, 7) is 0.298. The molecule has 2 amide bonds. The van der Waals surface area contributed by atoms with Crippen LogP contribution in [0.2, 0.25) is 5.02 Å². The van der Waals surface area contributed by atoms with Gasteiger partial charge in [-0.2, -0.15) is 0 Å². The lowest BCUT2D eigenvalue weighted by Gasteiger charge is -2.36. The number of ether oxygens (including phenoxy) is 1. The predicted molar refractivity (Wildman–Crippen MR) is 107 cm³/mol. The maximum atomic E-state index is 13.4. The summed E-state index contributed by atoms with van der Waals surface area (Å²) in [7, 11) is 0. The lowest BCUT2D eigenvalue weighted by molar-refractivity contribution is -0.135. The van der Waals surface area contributed by atoms with Crippen molar-refractivity contribution in [2.75, 3.05) is 6.61 Å². The summed E-state index contributed by atoms with van der Waals surface area (Å²) in [5.41, 5.74) is 0.684. The van der Waals surface area contributed by atoms with Crippen LogP contribution in [0.5, 0.6) is 5.75 Å². The molecule has 0 saturated heterocycles. The molecule has 0 aliphatic heterocycles. The first-order valence-corrected chi connectivity index (χ1v) is 10.0. The van der Waals surface area contributed by atoms with E-state index < -0.39 is 5.82 Å². The number of halogens is 2. The summed E-state index contributed by atoms with van der Waals surface area (Å²) in [6, 6.07) is 13.8. The molecule has 0 spiro atoms. The fraction of sp³-hybridized carbons (Fsp3) is 0.364. The van der Waals surface area contributed by atoms with Gasteiger partial charge in [0.2, 0.25) is 5.91 Å². The number of benzene rings is 2. The predicted octanol–water partition coefficient (Wildman–Crippen LogP) is 3.46. The van der Waals surface area contributed by atoms with E-state index in [9.17, 15) is 14.0 Å². The molecule has 5 nitrogen and oxygen atoms in total. The first kappa shape index (κ1) is 19.7. The number of fused-ring (bicyclic) bond motifs is 1. The number of hydrogen-bond acceptors (Lipinski definition) is 3. The average Bonchev–Trinajstić information content (AvgIpc) is 3.23. The zero-order valence-corrected chi connectivity index (χ0v) is 16.5. The van der Waals surface area contributed by atoms with Crippen LogP contribution < -0.4 is 15.4 Å². The molecule has 0 radical (unpaired) electrons. The van der Waals surface area contributed by atoms with Crippen molar-refractivity contribution in [1.82, 2.24) is 10.6 Å². The summed E-state index contributed by atoms with van der Waals surface area (Å²) in [6.07, 6.45) is 2.23. The molecule has 0 heterocycles. The van der Waals surface area contributed by atoms with Crippen LogP contribution in [0.1, 0.15) is 24.8 Å². The maximum Gasteiger partial charge on any atom is 0.258 e. The van der Waals surface area contributed by atoms with Crippen molar-refractivity contribution in [3.63, 3.8) is 0 Å². The van der Waals surface area contributed by atoms with E-state index in [0.29, 0.717) is 18.9 Å². The molecule has 5 rings (SSSR count). The van der Waals surface area contributed by atoms with Gasteiger partial charge in [0.1, 0.15) is 11.6 Å². The summed E-state index contributed by atoms with van der Waals surface area (Å²) in [4.78, 5) is 24.9. The van der Waals surface area contributed by atoms with E-state index in [2.05, 4.69) is 10.6 Å². The average molecular weight is 417 g/mol. The van der Waals surface area contributed by atoms with E-state index in [4.69, 9.17) is 16.3 Å². The third-order valence-corrected chi connectivity index (χ3v) is 6.18. The fourth-order valence-electron chi connectivity index (χ4n) is 4.36. The second-order valence-corrected chi connectivity index (χ2v) is 8.27. The number of hydrogen-bond donors (Lipinski definition) is 2. The van der Waals surface area contributed by atoms with E-state index in [1.165, 1.54) is 12.1 Å². The van der Waals surface area contributed by atoms with Crippen molar-refractivity contribution < 1.29 is 18.7 Å². The number of nitrogens with one attached hydrogen (secondary N) is 2. The Hall–Kier alpha value is -2.60. The Kier molecular flexibility index (Phi) is 5.46. The molecule has 3 fully saturated rings. The van der Waals surface area contributed by atoms with Crippen LogP contribution in [0.15, 0.2) is 48.5 Å². The van der Waals surface area contributed by atoms with Crippen LogP contribution in [-0.4, -0.2) is 24.5 Å². The van der Waals surface area contributed by atoms with Crippen molar-refractivity contribution in [2.24, 2.45) is 11.3 Å². The minimum absolute atomic E-state index is 0.00312. The molecule has 0 aromatic heterocycles. The molecule has 2 bridgehead atoms. The van der Waals surface area contributed by atoms with Crippen LogP contribution >= 0.6 is 11.6 Å². The highest BCUT2D eigenvalue weighted by Gasteiger charge is 2.60. The Labute approximate surface area is 173 Å². The quantitative estimate of drug-likeness (QED) is 0.726. The zero-order valence-electron chi connectivity index (χ0n) is 15.8. The van der Waals surface area contributed by atoms with E-state index in [-0.39, 0.29) is 40.7 Å². The second-order valence-electron chi connectivity index (χ2n) is 7.86. The van der Waals surface area contributed by atoms with Crippen molar-refractivity contribution in [1.29, 1.82) is 0 Å². The molecule has 29 heavy (non-hydrogen) atoms. The Bertz CT molecular complexity index is 916. The first-order chi connectivity index (χ1) is 13.9. The number of carbonyl (C=O) groups is 2. The number of amides is 2. The van der Waals surface area contributed by atoms with Gasteiger partial charge in [0.25, 0.3) is 5.91 Å². The van der Waals surface area contributed by atoms with Gasteiger partial charge < -0.3 is 15.4 Å². The summed E-state index contributed by atoms with van der Waals surface area (Å²) in [5, 5.41) is 5.99. The smallest absolute Gasteiger partial charge is 0.258 e. The Morgan fingerprint density at radius 1 is 1.14 bits per heavy atom. The van der Waals surface area contributed by atoms with Crippen LogP contribution in [0.4, 0.5) is 4.39 Å². The van der Waals surface area contributed by atoms with Gasteiger partial charge in [-0.15, -0.1) is 0 Å². The highest BCUT2D eigenvalue weighted by Crippen LogP contribution is 2.58. The summed E-state index contributed by atoms with van der Waals surface area (Å²) in [5.74, 6) is -0.256. The molecule has 1 atom stereocenters. The molecule has 152 valence electrons. The Morgan fingerprint density at radius 3 is 2.62 bits per heavy atom. The molecule has 1 unspecified atom stereocenters. The minimum Gasteiger partial charge on any atom is -0.484 e. The SMILES string of the molecule is O=C(COc1ccc(Cl)c(F)c1)NC1CC2(C(=O)NCc3ccccc3)CC1C2. The van der Waals surface area contributed by atoms with Gasteiger partial charge in [-0.05, 0) is 42.9 Å². The highest BCUT2D eigenvalue weighted by atomic mass is 35.5. The topological polar surface area (TPSA) is 67.4 Å². The van der Waals surface area contributed by atoms with E-state index in [1.807, 2.05) is 30.3 Å². The molecule has 3 aliphatic carbocycles. The fourth-order valence-corrected chi connectivity index (χ4v) is 4.48. The molecular weight excluding hydrogens is 395 g/mol. The van der Waals surface area contributed by atoms with Gasteiger partial charge in [0, 0.05) is 18.7 Å². The lowest BCUT2D eigenvalue weighted by atomic mass is 9.69. The number of carbonyl (C=O) groups excluding carboxylic acids is 2. The van der Waals surface area contributed by atoms with Crippen molar-refractivity contribution in [2.45, 2.75) is 31.8 Å². The van der Waals surface area contributed by atoms with Gasteiger partial charge >= 0.3 is 0 Å².